The highest BCUT2D eigenvalue weighted by Gasteiger charge is 2.41. The van der Waals surface area contributed by atoms with Gasteiger partial charge in [-0.3, -0.25) is 4.57 Å². The van der Waals surface area contributed by atoms with Crippen molar-refractivity contribution in [3.8, 4) is 0 Å². The van der Waals surface area contributed by atoms with Crippen molar-refractivity contribution in [1.29, 1.82) is 0 Å². The van der Waals surface area contributed by atoms with Gasteiger partial charge in [-0.25, -0.2) is 0 Å². The van der Waals surface area contributed by atoms with Crippen LogP contribution in [0.5, 0.6) is 0 Å². The maximum Gasteiger partial charge on any atom is 0.385 e. The van der Waals surface area contributed by atoms with Gasteiger partial charge in [0.2, 0.25) is 0 Å². The first-order valence-corrected chi connectivity index (χ1v) is 13.3. The SMILES string of the molecule is CCCCCCCCC=CCCCCCCCOP(=O)(O)C(CC)[N+](C)(C)C. The minimum atomic E-state index is -3.55. The monoisotopic (exact) mass is 418 g/mol. The fourth-order valence-corrected chi connectivity index (χ4v) is 5.57. The van der Waals surface area contributed by atoms with E-state index in [9.17, 15) is 9.46 Å². The summed E-state index contributed by atoms with van der Waals surface area (Å²) in [5, 5.41) is 0. The van der Waals surface area contributed by atoms with E-state index in [1.807, 2.05) is 28.1 Å². The lowest BCUT2D eigenvalue weighted by Gasteiger charge is -2.35. The Kier molecular flexibility index (Phi) is 16.5. The molecule has 168 valence electrons. The smallest absolute Gasteiger partial charge is 0.320 e. The van der Waals surface area contributed by atoms with Gasteiger partial charge in [0.25, 0.3) is 0 Å². The molecular formula is C23H49NO3P+. The Labute approximate surface area is 175 Å². The molecule has 1 N–H and O–H groups in total. The third kappa shape index (κ3) is 14.8. The van der Waals surface area contributed by atoms with Crippen molar-refractivity contribution in [1.82, 2.24) is 0 Å². The predicted molar refractivity (Wildman–Crippen MR) is 123 cm³/mol. The zero-order chi connectivity index (χ0) is 21.3. The summed E-state index contributed by atoms with van der Waals surface area (Å²) >= 11 is 0. The van der Waals surface area contributed by atoms with Crippen molar-refractivity contribution < 1.29 is 18.5 Å². The van der Waals surface area contributed by atoms with Crippen LogP contribution in [0, 0.1) is 0 Å². The predicted octanol–water partition coefficient (Wildman–Crippen LogP) is 7.28. The molecule has 0 aromatic rings. The molecular weight excluding hydrogens is 369 g/mol. The average molecular weight is 419 g/mol. The maximum atomic E-state index is 12.4. The van der Waals surface area contributed by atoms with E-state index >= 15 is 0 Å². The first kappa shape index (κ1) is 27.8. The Hall–Kier alpha value is -0.150. The molecule has 0 aromatic heterocycles. The van der Waals surface area contributed by atoms with Crippen LogP contribution >= 0.6 is 7.60 Å². The summed E-state index contributed by atoms with van der Waals surface area (Å²) in [6.07, 6.45) is 21.6. The highest BCUT2D eigenvalue weighted by Crippen LogP contribution is 2.51. The fourth-order valence-electron chi connectivity index (χ4n) is 3.67. The molecule has 0 heterocycles. The van der Waals surface area contributed by atoms with Crippen molar-refractivity contribution in [2.24, 2.45) is 0 Å². The lowest BCUT2D eigenvalue weighted by molar-refractivity contribution is -0.883. The summed E-state index contributed by atoms with van der Waals surface area (Å²) in [7, 11) is 2.29. The number of unbranched alkanes of at least 4 members (excludes halogenated alkanes) is 11. The molecule has 0 saturated heterocycles. The zero-order valence-corrected chi connectivity index (χ0v) is 20.4. The Morgan fingerprint density at radius 1 is 0.821 bits per heavy atom. The van der Waals surface area contributed by atoms with Gasteiger partial charge in [-0.05, 0) is 32.1 Å². The lowest BCUT2D eigenvalue weighted by Crippen LogP contribution is -2.44. The number of rotatable bonds is 19. The molecule has 0 saturated carbocycles. The number of hydrogen-bond acceptors (Lipinski definition) is 2. The quantitative estimate of drug-likeness (QED) is 0.104. The largest absolute Gasteiger partial charge is 0.385 e. The molecule has 0 fully saturated rings. The van der Waals surface area contributed by atoms with Gasteiger partial charge >= 0.3 is 7.60 Å². The van der Waals surface area contributed by atoms with E-state index in [1.54, 1.807) is 0 Å². The summed E-state index contributed by atoms with van der Waals surface area (Å²) in [4.78, 5) is 10.2. The Balaban J connectivity index is 3.57. The van der Waals surface area contributed by atoms with Gasteiger partial charge in [-0.1, -0.05) is 77.4 Å². The second-order valence-corrected chi connectivity index (χ2v) is 11.0. The number of hydrogen-bond donors (Lipinski definition) is 1. The molecule has 0 rings (SSSR count). The average Bonchev–Trinajstić information content (AvgIpc) is 2.60. The topological polar surface area (TPSA) is 46.5 Å². The second-order valence-electron chi connectivity index (χ2n) is 8.99. The van der Waals surface area contributed by atoms with Crippen molar-refractivity contribution in [2.75, 3.05) is 27.7 Å². The van der Waals surface area contributed by atoms with Gasteiger partial charge in [0.05, 0.1) is 27.7 Å². The van der Waals surface area contributed by atoms with E-state index in [1.165, 1.54) is 70.6 Å². The first-order chi connectivity index (χ1) is 13.3. The zero-order valence-electron chi connectivity index (χ0n) is 19.5. The van der Waals surface area contributed by atoms with Gasteiger partial charge in [0.15, 0.2) is 5.78 Å². The van der Waals surface area contributed by atoms with Crippen LogP contribution in [-0.2, 0) is 9.09 Å². The van der Waals surface area contributed by atoms with Crippen LogP contribution in [0.4, 0.5) is 0 Å². The van der Waals surface area contributed by atoms with Gasteiger partial charge in [-0.15, -0.1) is 0 Å². The van der Waals surface area contributed by atoms with Crippen molar-refractivity contribution in [3.63, 3.8) is 0 Å². The molecule has 0 radical (unpaired) electrons. The standard InChI is InChI=1S/C23H48NO3P/c1-6-8-9-10-11-12-13-14-15-16-17-18-19-20-21-22-27-28(25,26)23(7-2)24(3,4)5/h14-15,23H,6-13,16-22H2,1-5H3/p+1. The molecule has 28 heavy (non-hydrogen) atoms. The van der Waals surface area contributed by atoms with E-state index < -0.39 is 7.60 Å². The van der Waals surface area contributed by atoms with Crippen LogP contribution in [-0.4, -0.2) is 42.9 Å². The number of allylic oxidation sites excluding steroid dienone is 2. The van der Waals surface area contributed by atoms with Crippen molar-refractivity contribution >= 4 is 7.60 Å². The van der Waals surface area contributed by atoms with Gasteiger partial charge in [0.1, 0.15) is 0 Å². The molecule has 0 aliphatic rings. The molecule has 0 aliphatic heterocycles. The summed E-state index contributed by atoms with van der Waals surface area (Å²) < 4.78 is 18.3. The minimum absolute atomic E-state index is 0.351. The van der Waals surface area contributed by atoms with Gasteiger partial charge in [-0.2, -0.15) is 0 Å². The molecule has 0 amide bonds. The molecule has 4 nitrogen and oxygen atoms in total. The van der Waals surface area contributed by atoms with E-state index in [4.69, 9.17) is 4.52 Å². The van der Waals surface area contributed by atoms with Crippen molar-refractivity contribution in [2.45, 2.75) is 110 Å². The molecule has 2 unspecified atom stereocenters. The summed E-state index contributed by atoms with van der Waals surface area (Å²) in [6.45, 7) is 4.60. The second kappa shape index (κ2) is 16.6. The Morgan fingerprint density at radius 2 is 1.29 bits per heavy atom. The van der Waals surface area contributed by atoms with Crippen LogP contribution < -0.4 is 0 Å². The van der Waals surface area contributed by atoms with Gasteiger partial charge in [0, 0.05) is 6.42 Å². The number of nitrogens with zero attached hydrogens (tertiary/aromatic N) is 1. The summed E-state index contributed by atoms with van der Waals surface area (Å²) in [6, 6.07) is 0. The normalized spacial score (nSPS) is 15.8. The highest BCUT2D eigenvalue weighted by molar-refractivity contribution is 7.53. The van der Waals surface area contributed by atoms with Crippen LogP contribution in [0.2, 0.25) is 0 Å². The fraction of sp³-hybridized carbons (Fsp3) is 0.913. The van der Waals surface area contributed by atoms with Crippen LogP contribution in [0.1, 0.15) is 104 Å². The van der Waals surface area contributed by atoms with E-state index in [2.05, 4.69) is 19.1 Å². The molecule has 0 aromatic carbocycles. The highest BCUT2D eigenvalue weighted by atomic mass is 31.2. The van der Waals surface area contributed by atoms with Crippen LogP contribution in [0.3, 0.4) is 0 Å². The molecule has 2 atom stereocenters. The van der Waals surface area contributed by atoms with Crippen molar-refractivity contribution in [3.05, 3.63) is 12.2 Å². The lowest BCUT2D eigenvalue weighted by atomic mass is 10.1. The summed E-state index contributed by atoms with van der Waals surface area (Å²) in [5.74, 6) is -0.351. The minimum Gasteiger partial charge on any atom is -0.320 e. The Bertz CT molecular complexity index is 432. The molecule has 0 bridgehead atoms. The van der Waals surface area contributed by atoms with E-state index in [0.717, 1.165) is 12.8 Å². The van der Waals surface area contributed by atoms with E-state index in [0.29, 0.717) is 17.5 Å². The van der Waals surface area contributed by atoms with E-state index in [-0.39, 0.29) is 5.78 Å². The van der Waals surface area contributed by atoms with Crippen LogP contribution in [0.25, 0.3) is 0 Å². The maximum absolute atomic E-state index is 12.4. The molecule has 0 spiro atoms. The molecule has 0 aliphatic carbocycles. The molecule has 5 heteroatoms. The van der Waals surface area contributed by atoms with Crippen LogP contribution in [0.15, 0.2) is 12.2 Å². The third-order valence-electron chi connectivity index (χ3n) is 5.32. The third-order valence-corrected chi connectivity index (χ3v) is 7.68. The number of quaternary nitrogens is 1. The first-order valence-electron chi connectivity index (χ1n) is 11.7. The van der Waals surface area contributed by atoms with Gasteiger partial charge < -0.3 is 13.9 Å². The summed E-state index contributed by atoms with van der Waals surface area (Å²) in [5.41, 5.74) is 0. The Morgan fingerprint density at radius 3 is 1.75 bits per heavy atom.